The number of imidazole rings is 1. The highest BCUT2D eigenvalue weighted by Gasteiger charge is 2.14. The predicted octanol–water partition coefficient (Wildman–Crippen LogP) is 1.26. The minimum absolute atomic E-state index is 0.393. The van der Waals surface area contributed by atoms with Crippen molar-refractivity contribution in [3.05, 3.63) is 28.5 Å². The maximum absolute atomic E-state index is 5.77. The number of nitrogens with two attached hydrogens (primary N) is 1. The van der Waals surface area contributed by atoms with Crippen LogP contribution in [0.5, 0.6) is 0 Å². The van der Waals surface area contributed by atoms with Crippen molar-refractivity contribution >= 4 is 32.9 Å². The lowest BCUT2D eigenvalue weighted by Gasteiger charge is -2.05. The van der Waals surface area contributed by atoms with Gasteiger partial charge in [0.25, 0.3) is 0 Å². The van der Waals surface area contributed by atoms with E-state index < -0.39 is 0 Å². The summed E-state index contributed by atoms with van der Waals surface area (Å²) >= 11 is 3.55. The molecule has 0 amide bonds. The number of aryl methyl sites for hydroxylation is 2. The average Bonchev–Trinajstić information content (AvgIpc) is 2.88. The number of fused-ring (bicyclic) bond motifs is 1. The summed E-state index contributed by atoms with van der Waals surface area (Å²) in [6.07, 6.45) is 3.16. The van der Waals surface area contributed by atoms with Crippen LogP contribution in [-0.4, -0.2) is 29.3 Å². The molecule has 0 spiro atoms. The molecule has 3 aromatic heterocycles. The maximum atomic E-state index is 5.77. The fourth-order valence-electron chi connectivity index (χ4n) is 2.03. The van der Waals surface area contributed by atoms with Gasteiger partial charge in [-0.15, -0.1) is 0 Å². The molecular weight excluding hydrogens is 310 g/mol. The largest absolute Gasteiger partial charge is 0.382 e. The highest BCUT2D eigenvalue weighted by molar-refractivity contribution is 9.10. The minimum Gasteiger partial charge on any atom is -0.382 e. The van der Waals surface area contributed by atoms with Gasteiger partial charge in [-0.3, -0.25) is 4.68 Å². The smallest absolute Gasteiger partial charge is 0.165 e. The van der Waals surface area contributed by atoms with Gasteiger partial charge in [0.15, 0.2) is 11.5 Å². The van der Waals surface area contributed by atoms with Crippen molar-refractivity contribution < 1.29 is 0 Å². The van der Waals surface area contributed by atoms with E-state index in [1.165, 1.54) is 6.33 Å². The molecule has 3 rings (SSSR count). The van der Waals surface area contributed by atoms with Gasteiger partial charge in [0.1, 0.15) is 11.8 Å². The number of nitrogen functional groups attached to an aromatic ring is 1. The highest BCUT2D eigenvalue weighted by Crippen LogP contribution is 2.22. The Morgan fingerprint density at radius 2 is 2.11 bits per heavy atom. The summed E-state index contributed by atoms with van der Waals surface area (Å²) in [6, 6.07) is 0. The SMILES string of the molecule is Cc1nn(C)c(Cn2cnc3c(N)ncnc32)c1Br. The third kappa shape index (κ3) is 1.88. The van der Waals surface area contributed by atoms with E-state index in [-0.39, 0.29) is 0 Å². The molecule has 0 aliphatic carbocycles. The zero-order chi connectivity index (χ0) is 13.6. The Balaban J connectivity index is 2.09. The fourth-order valence-corrected chi connectivity index (χ4v) is 2.49. The Hall–Kier alpha value is -1.96. The van der Waals surface area contributed by atoms with Crippen LogP contribution >= 0.6 is 15.9 Å². The molecule has 0 aliphatic rings. The zero-order valence-electron chi connectivity index (χ0n) is 10.5. The quantitative estimate of drug-likeness (QED) is 0.767. The summed E-state index contributed by atoms with van der Waals surface area (Å²) in [7, 11) is 1.91. The van der Waals surface area contributed by atoms with Crippen molar-refractivity contribution in [3.63, 3.8) is 0 Å². The van der Waals surface area contributed by atoms with Crippen LogP contribution in [0.15, 0.2) is 17.1 Å². The van der Waals surface area contributed by atoms with Gasteiger partial charge in [0.05, 0.1) is 28.7 Å². The van der Waals surface area contributed by atoms with Crippen molar-refractivity contribution in [1.82, 2.24) is 29.3 Å². The Bertz CT molecular complexity index is 758. The van der Waals surface area contributed by atoms with E-state index in [1.807, 2.05) is 23.2 Å². The standard InChI is InChI=1S/C11H12BrN7/c1-6-8(12)7(18(2)17-6)3-19-5-16-9-10(13)14-4-15-11(9)19/h4-5H,3H2,1-2H3,(H2,13,14,15). The normalized spacial score (nSPS) is 11.3. The van der Waals surface area contributed by atoms with E-state index >= 15 is 0 Å². The number of rotatable bonds is 2. The molecule has 19 heavy (non-hydrogen) atoms. The number of hydrogen-bond acceptors (Lipinski definition) is 5. The fraction of sp³-hybridized carbons (Fsp3) is 0.273. The summed E-state index contributed by atoms with van der Waals surface area (Å²) in [5.41, 5.74) is 9.12. The van der Waals surface area contributed by atoms with Crippen LogP contribution in [-0.2, 0) is 13.6 Å². The molecule has 0 unspecified atom stereocenters. The van der Waals surface area contributed by atoms with Crippen molar-refractivity contribution in [3.8, 4) is 0 Å². The Morgan fingerprint density at radius 1 is 1.32 bits per heavy atom. The molecule has 0 atom stereocenters. The number of nitrogens with zero attached hydrogens (tertiary/aromatic N) is 6. The van der Waals surface area contributed by atoms with Crippen molar-refractivity contribution in [2.75, 3.05) is 5.73 Å². The molecule has 0 saturated heterocycles. The number of aromatic nitrogens is 6. The van der Waals surface area contributed by atoms with Gasteiger partial charge in [-0.1, -0.05) is 0 Å². The lowest BCUT2D eigenvalue weighted by molar-refractivity contribution is 0.667. The third-order valence-corrected chi connectivity index (χ3v) is 4.04. The zero-order valence-corrected chi connectivity index (χ0v) is 12.1. The Morgan fingerprint density at radius 3 is 2.79 bits per heavy atom. The molecule has 7 nitrogen and oxygen atoms in total. The molecule has 8 heteroatoms. The van der Waals surface area contributed by atoms with Crippen molar-refractivity contribution in [2.45, 2.75) is 13.5 Å². The van der Waals surface area contributed by atoms with Gasteiger partial charge in [0, 0.05) is 7.05 Å². The predicted molar refractivity (Wildman–Crippen MR) is 74.5 cm³/mol. The second kappa shape index (κ2) is 4.30. The van der Waals surface area contributed by atoms with Gasteiger partial charge in [-0.25, -0.2) is 15.0 Å². The lowest BCUT2D eigenvalue weighted by Crippen LogP contribution is -2.06. The monoisotopic (exact) mass is 321 g/mol. The molecule has 98 valence electrons. The number of anilines is 1. The number of halogens is 1. The molecule has 2 N–H and O–H groups in total. The molecule has 3 heterocycles. The van der Waals surface area contributed by atoms with Crippen LogP contribution < -0.4 is 5.73 Å². The summed E-state index contributed by atoms with van der Waals surface area (Å²) < 4.78 is 4.77. The highest BCUT2D eigenvalue weighted by atomic mass is 79.9. The lowest BCUT2D eigenvalue weighted by atomic mass is 10.3. The molecule has 0 aromatic carbocycles. The van der Waals surface area contributed by atoms with E-state index in [4.69, 9.17) is 5.73 Å². The molecule has 0 aliphatic heterocycles. The van der Waals surface area contributed by atoms with Crippen molar-refractivity contribution in [1.29, 1.82) is 0 Å². The molecule has 0 bridgehead atoms. The van der Waals surface area contributed by atoms with Crippen LogP contribution in [0.25, 0.3) is 11.2 Å². The molecule has 0 fully saturated rings. The first-order valence-electron chi connectivity index (χ1n) is 5.67. The van der Waals surface area contributed by atoms with E-state index in [9.17, 15) is 0 Å². The average molecular weight is 322 g/mol. The van der Waals surface area contributed by atoms with E-state index in [2.05, 4.69) is 36.0 Å². The first-order valence-corrected chi connectivity index (χ1v) is 6.46. The van der Waals surface area contributed by atoms with Crippen LogP contribution in [0.4, 0.5) is 5.82 Å². The van der Waals surface area contributed by atoms with Crippen LogP contribution in [0, 0.1) is 6.92 Å². The Labute approximate surface area is 117 Å². The second-order valence-electron chi connectivity index (χ2n) is 4.27. The summed E-state index contributed by atoms with van der Waals surface area (Å²) in [4.78, 5) is 12.4. The van der Waals surface area contributed by atoms with Crippen molar-refractivity contribution in [2.24, 2.45) is 7.05 Å². The summed E-state index contributed by atoms with van der Waals surface area (Å²) in [6.45, 7) is 2.57. The van der Waals surface area contributed by atoms with Gasteiger partial charge in [0.2, 0.25) is 0 Å². The molecule has 3 aromatic rings. The van der Waals surface area contributed by atoms with Gasteiger partial charge >= 0.3 is 0 Å². The van der Waals surface area contributed by atoms with Crippen LogP contribution in [0.3, 0.4) is 0 Å². The summed E-state index contributed by atoms with van der Waals surface area (Å²) in [5, 5.41) is 4.37. The molecule has 0 saturated carbocycles. The molecule has 0 radical (unpaired) electrons. The maximum Gasteiger partial charge on any atom is 0.165 e. The topological polar surface area (TPSA) is 87.4 Å². The van der Waals surface area contributed by atoms with Gasteiger partial charge < -0.3 is 10.3 Å². The van der Waals surface area contributed by atoms with Gasteiger partial charge in [-0.05, 0) is 22.9 Å². The summed E-state index contributed by atoms with van der Waals surface area (Å²) in [5.74, 6) is 0.393. The second-order valence-corrected chi connectivity index (χ2v) is 5.07. The number of hydrogen-bond donors (Lipinski definition) is 1. The van der Waals surface area contributed by atoms with Gasteiger partial charge in [-0.2, -0.15) is 5.10 Å². The third-order valence-electron chi connectivity index (χ3n) is 3.01. The van der Waals surface area contributed by atoms with Crippen LogP contribution in [0.2, 0.25) is 0 Å². The van der Waals surface area contributed by atoms with Crippen LogP contribution in [0.1, 0.15) is 11.4 Å². The Kier molecular flexibility index (Phi) is 2.74. The minimum atomic E-state index is 0.393. The van der Waals surface area contributed by atoms with E-state index in [0.717, 1.165) is 21.5 Å². The molecular formula is C11H12BrN7. The first-order chi connectivity index (χ1) is 9.08. The van der Waals surface area contributed by atoms with E-state index in [1.54, 1.807) is 6.33 Å². The van der Waals surface area contributed by atoms with E-state index in [0.29, 0.717) is 17.9 Å². The first kappa shape index (κ1) is 12.1.